The highest BCUT2D eigenvalue weighted by Crippen LogP contribution is 2.25. The van der Waals surface area contributed by atoms with Gasteiger partial charge in [-0.05, 0) is 36.3 Å². The van der Waals surface area contributed by atoms with Crippen molar-refractivity contribution in [3.63, 3.8) is 0 Å². The predicted molar refractivity (Wildman–Crippen MR) is 116 cm³/mol. The van der Waals surface area contributed by atoms with E-state index < -0.39 is 0 Å². The summed E-state index contributed by atoms with van der Waals surface area (Å²) in [5, 5.41) is 6.24. The van der Waals surface area contributed by atoms with Crippen molar-refractivity contribution in [2.75, 3.05) is 24.5 Å². The summed E-state index contributed by atoms with van der Waals surface area (Å²) in [6, 6.07) is 8.05. The summed E-state index contributed by atoms with van der Waals surface area (Å²) in [4.78, 5) is 27.1. The second-order valence-corrected chi connectivity index (χ2v) is 9.31. The second-order valence-electron chi connectivity index (χ2n) is 9.31. The third-order valence-electron chi connectivity index (χ3n) is 5.35. The molecular formula is C23H37N3O2. The molecule has 2 rings (SSSR count). The SMILES string of the molecule is CC[C@@H](C)CNC(=O)c1ccccc1N1CCC(NC(=O)CC(C)(C)C)CC1. The van der Waals surface area contributed by atoms with Crippen LogP contribution in [0.4, 0.5) is 5.69 Å². The largest absolute Gasteiger partial charge is 0.371 e. The lowest BCUT2D eigenvalue weighted by Crippen LogP contribution is -2.45. The van der Waals surface area contributed by atoms with Crippen molar-refractivity contribution < 1.29 is 9.59 Å². The Hall–Kier alpha value is -2.04. The minimum Gasteiger partial charge on any atom is -0.371 e. The molecule has 0 aliphatic carbocycles. The Bertz CT molecular complexity index is 658. The molecule has 1 aromatic rings. The van der Waals surface area contributed by atoms with Gasteiger partial charge in [0.1, 0.15) is 0 Å². The number of hydrogen-bond acceptors (Lipinski definition) is 3. The van der Waals surface area contributed by atoms with Crippen LogP contribution in [-0.2, 0) is 4.79 Å². The number of benzene rings is 1. The first kappa shape index (κ1) is 22.3. The smallest absolute Gasteiger partial charge is 0.253 e. The lowest BCUT2D eigenvalue weighted by atomic mass is 9.91. The van der Waals surface area contributed by atoms with E-state index in [2.05, 4.69) is 50.2 Å². The van der Waals surface area contributed by atoms with Crippen LogP contribution in [0, 0.1) is 11.3 Å². The van der Waals surface area contributed by atoms with Gasteiger partial charge in [0, 0.05) is 37.8 Å². The Morgan fingerprint density at radius 2 is 1.82 bits per heavy atom. The molecule has 0 radical (unpaired) electrons. The van der Waals surface area contributed by atoms with E-state index in [1.807, 2.05) is 24.3 Å². The van der Waals surface area contributed by atoms with E-state index in [1.54, 1.807) is 0 Å². The van der Waals surface area contributed by atoms with Gasteiger partial charge in [0.25, 0.3) is 5.91 Å². The molecule has 0 aromatic heterocycles. The highest BCUT2D eigenvalue weighted by Gasteiger charge is 2.25. The Morgan fingerprint density at radius 1 is 1.18 bits per heavy atom. The summed E-state index contributed by atoms with van der Waals surface area (Å²) in [5.74, 6) is 0.607. The zero-order chi connectivity index (χ0) is 20.7. The quantitative estimate of drug-likeness (QED) is 0.744. The molecule has 2 N–H and O–H groups in total. The molecule has 0 saturated carbocycles. The van der Waals surface area contributed by atoms with Crippen LogP contribution < -0.4 is 15.5 Å². The maximum Gasteiger partial charge on any atom is 0.253 e. The molecule has 28 heavy (non-hydrogen) atoms. The van der Waals surface area contributed by atoms with Crippen LogP contribution in [-0.4, -0.2) is 37.5 Å². The fraction of sp³-hybridized carbons (Fsp3) is 0.652. The number of rotatable bonds is 7. The Morgan fingerprint density at radius 3 is 2.43 bits per heavy atom. The number of amides is 2. The summed E-state index contributed by atoms with van der Waals surface area (Å²) in [5.41, 5.74) is 1.73. The molecule has 1 heterocycles. The lowest BCUT2D eigenvalue weighted by Gasteiger charge is -2.35. The van der Waals surface area contributed by atoms with Gasteiger partial charge in [-0.1, -0.05) is 53.2 Å². The number of piperidine rings is 1. The van der Waals surface area contributed by atoms with Gasteiger partial charge in [-0.25, -0.2) is 0 Å². The summed E-state index contributed by atoms with van der Waals surface area (Å²) in [7, 11) is 0. The van der Waals surface area contributed by atoms with Crippen molar-refractivity contribution >= 4 is 17.5 Å². The first-order chi connectivity index (χ1) is 13.2. The summed E-state index contributed by atoms with van der Waals surface area (Å²) in [6.07, 6.45) is 3.40. The van der Waals surface area contributed by atoms with Crippen LogP contribution in [0.25, 0.3) is 0 Å². The number of hydrogen-bond donors (Lipinski definition) is 2. The average molecular weight is 388 g/mol. The number of nitrogens with one attached hydrogen (secondary N) is 2. The maximum atomic E-state index is 12.7. The number of anilines is 1. The van der Waals surface area contributed by atoms with E-state index in [-0.39, 0.29) is 23.3 Å². The highest BCUT2D eigenvalue weighted by molar-refractivity contribution is 5.99. The Labute approximate surface area is 170 Å². The average Bonchev–Trinajstić information content (AvgIpc) is 2.65. The van der Waals surface area contributed by atoms with Crippen LogP contribution in [0.5, 0.6) is 0 Å². The molecule has 2 amide bonds. The van der Waals surface area contributed by atoms with Gasteiger partial charge in [-0.3, -0.25) is 9.59 Å². The number of carbonyl (C=O) groups is 2. The molecule has 156 valence electrons. The summed E-state index contributed by atoms with van der Waals surface area (Å²) >= 11 is 0. The van der Waals surface area contributed by atoms with Crippen LogP contribution in [0.3, 0.4) is 0 Å². The van der Waals surface area contributed by atoms with Gasteiger partial charge in [0.2, 0.25) is 5.91 Å². The minimum absolute atomic E-state index is 0.00324. The molecule has 5 nitrogen and oxygen atoms in total. The van der Waals surface area contributed by atoms with Crippen molar-refractivity contribution in [2.24, 2.45) is 11.3 Å². The molecule has 0 spiro atoms. The third kappa shape index (κ3) is 6.84. The molecule has 1 aromatic carbocycles. The van der Waals surface area contributed by atoms with Gasteiger partial charge < -0.3 is 15.5 Å². The molecular weight excluding hydrogens is 350 g/mol. The van der Waals surface area contributed by atoms with E-state index in [4.69, 9.17) is 0 Å². The molecule has 1 saturated heterocycles. The van der Waals surface area contributed by atoms with Gasteiger partial charge >= 0.3 is 0 Å². The molecule has 1 aliphatic heterocycles. The Balaban J connectivity index is 1.94. The second kappa shape index (κ2) is 9.94. The first-order valence-corrected chi connectivity index (χ1v) is 10.6. The standard InChI is InChI=1S/C23H37N3O2/c1-6-17(2)16-24-22(28)19-9-7-8-10-20(19)26-13-11-18(12-14-26)25-21(27)15-23(3,4)5/h7-10,17-18H,6,11-16H2,1-5H3,(H,24,28)(H,25,27)/t17-/m1/s1. The normalized spacial score (nSPS) is 16.5. The van der Waals surface area contributed by atoms with Gasteiger partial charge in [-0.2, -0.15) is 0 Å². The molecule has 1 aliphatic rings. The summed E-state index contributed by atoms with van der Waals surface area (Å²) < 4.78 is 0. The molecule has 0 unspecified atom stereocenters. The number of nitrogens with zero attached hydrogens (tertiary/aromatic N) is 1. The zero-order valence-electron chi connectivity index (χ0n) is 18.2. The monoisotopic (exact) mass is 387 g/mol. The fourth-order valence-electron chi connectivity index (χ4n) is 3.47. The van der Waals surface area contributed by atoms with Crippen LogP contribution in [0.1, 0.15) is 70.7 Å². The van der Waals surface area contributed by atoms with Crippen molar-refractivity contribution in [2.45, 2.75) is 66.3 Å². The minimum atomic E-state index is -0.00324. The van der Waals surface area contributed by atoms with E-state index in [0.717, 1.165) is 43.6 Å². The molecule has 0 bridgehead atoms. The fourth-order valence-corrected chi connectivity index (χ4v) is 3.47. The molecule has 5 heteroatoms. The molecule has 1 fully saturated rings. The van der Waals surface area contributed by atoms with Crippen LogP contribution in [0.2, 0.25) is 0 Å². The van der Waals surface area contributed by atoms with E-state index in [9.17, 15) is 9.59 Å². The Kier molecular flexibility index (Phi) is 7.90. The van der Waals surface area contributed by atoms with Crippen molar-refractivity contribution in [3.05, 3.63) is 29.8 Å². The lowest BCUT2D eigenvalue weighted by molar-refractivity contribution is -0.123. The van der Waals surface area contributed by atoms with Gasteiger partial charge in [0.15, 0.2) is 0 Å². The maximum absolute atomic E-state index is 12.7. The van der Waals surface area contributed by atoms with Gasteiger partial charge in [0.05, 0.1) is 5.56 Å². The van der Waals surface area contributed by atoms with Crippen molar-refractivity contribution in [3.8, 4) is 0 Å². The molecule has 1 atom stereocenters. The van der Waals surface area contributed by atoms with Crippen molar-refractivity contribution in [1.29, 1.82) is 0 Å². The summed E-state index contributed by atoms with van der Waals surface area (Å²) in [6.45, 7) is 12.9. The third-order valence-corrected chi connectivity index (χ3v) is 5.35. The van der Waals surface area contributed by atoms with E-state index in [1.165, 1.54) is 0 Å². The zero-order valence-corrected chi connectivity index (χ0v) is 18.2. The highest BCUT2D eigenvalue weighted by atomic mass is 16.2. The van der Waals surface area contributed by atoms with E-state index in [0.29, 0.717) is 18.9 Å². The number of carbonyl (C=O) groups excluding carboxylic acids is 2. The van der Waals surface area contributed by atoms with Gasteiger partial charge in [-0.15, -0.1) is 0 Å². The predicted octanol–water partition coefficient (Wildman–Crippen LogP) is 3.98. The van der Waals surface area contributed by atoms with Crippen LogP contribution in [0.15, 0.2) is 24.3 Å². The topological polar surface area (TPSA) is 61.4 Å². The first-order valence-electron chi connectivity index (χ1n) is 10.6. The van der Waals surface area contributed by atoms with E-state index >= 15 is 0 Å². The van der Waals surface area contributed by atoms with Crippen LogP contribution >= 0.6 is 0 Å². The number of para-hydroxylation sites is 1. The van der Waals surface area contributed by atoms with Crippen molar-refractivity contribution in [1.82, 2.24) is 10.6 Å².